The van der Waals surface area contributed by atoms with Gasteiger partial charge in [0, 0.05) is 56.5 Å². The van der Waals surface area contributed by atoms with Gasteiger partial charge in [-0.25, -0.2) is 9.97 Å². The molecular formula is C29H32N8O2S. The molecule has 0 saturated carbocycles. The fraction of sp³-hybridized carbons (Fsp3) is 0.345. The van der Waals surface area contributed by atoms with Crippen LogP contribution in [0.2, 0.25) is 0 Å². The molecule has 11 heteroatoms. The predicted molar refractivity (Wildman–Crippen MR) is 158 cm³/mol. The minimum absolute atomic E-state index is 0.260. The highest BCUT2D eigenvalue weighted by molar-refractivity contribution is 7.18. The standard InChI is InChI=1S/C29H32N8O2S/c1-39-17-13-30-25-18-24(31-26(33-25)20-8-3-2-4-9-20)27(38)32-23-12-6-5-11-22(23)28-34-35-29(40-28)37-16-15-36-14-7-10-21(36)19-37/h2-6,8-9,11-12,18,21H,7,10,13-17,19H2,1H3,(H,32,38)(H,30,31,33)/t21-/m0/s1. The zero-order chi connectivity index (χ0) is 27.3. The van der Waals surface area contributed by atoms with Crippen LogP contribution < -0.4 is 15.5 Å². The van der Waals surface area contributed by atoms with Crippen molar-refractivity contribution in [2.75, 3.05) is 62.0 Å². The lowest BCUT2D eigenvalue weighted by atomic mass is 10.1. The Morgan fingerprint density at radius 1 is 1.05 bits per heavy atom. The molecular weight excluding hydrogens is 524 g/mol. The minimum Gasteiger partial charge on any atom is -0.383 e. The van der Waals surface area contributed by atoms with E-state index in [4.69, 9.17) is 4.74 Å². The number of hydrogen-bond acceptors (Lipinski definition) is 10. The van der Waals surface area contributed by atoms with Gasteiger partial charge in [0.15, 0.2) is 10.8 Å². The molecule has 4 heterocycles. The molecule has 0 unspecified atom stereocenters. The predicted octanol–water partition coefficient (Wildman–Crippen LogP) is 4.26. The van der Waals surface area contributed by atoms with Gasteiger partial charge in [0.25, 0.3) is 5.91 Å². The van der Waals surface area contributed by atoms with Gasteiger partial charge in [-0.15, -0.1) is 10.2 Å². The van der Waals surface area contributed by atoms with E-state index in [9.17, 15) is 4.79 Å². The van der Waals surface area contributed by atoms with Crippen LogP contribution in [0.15, 0.2) is 60.7 Å². The fourth-order valence-electron chi connectivity index (χ4n) is 5.23. The number of para-hydroxylation sites is 1. The highest BCUT2D eigenvalue weighted by Crippen LogP contribution is 2.35. The number of ether oxygens (including phenoxy) is 1. The Kier molecular flexibility index (Phi) is 7.94. The van der Waals surface area contributed by atoms with E-state index < -0.39 is 0 Å². The topological polar surface area (TPSA) is 108 Å². The molecule has 4 aromatic rings. The molecule has 2 fully saturated rings. The Morgan fingerprint density at radius 3 is 2.77 bits per heavy atom. The average molecular weight is 557 g/mol. The number of aromatic nitrogens is 4. The van der Waals surface area contributed by atoms with E-state index in [1.54, 1.807) is 24.5 Å². The molecule has 2 aliphatic rings. The molecule has 2 N–H and O–H groups in total. The van der Waals surface area contributed by atoms with Gasteiger partial charge in [0.05, 0.1) is 12.3 Å². The van der Waals surface area contributed by atoms with Crippen LogP contribution in [0.4, 0.5) is 16.6 Å². The van der Waals surface area contributed by atoms with Gasteiger partial charge in [0.2, 0.25) is 5.13 Å². The van der Waals surface area contributed by atoms with Gasteiger partial charge in [-0.2, -0.15) is 0 Å². The SMILES string of the molecule is COCCNc1cc(C(=O)Nc2ccccc2-c2nnc(N3CCN4CCC[C@H]4C3)s2)nc(-c2ccccc2)n1. The van der Waals surface area contributed by atoms with Crippen LogP contribution in [0, 0.1) is 0 Å². The van der Waals surface area contributed by atoms with Crippen LogP contribution in [0.3, 0.4) is 0 Å². The molecule has 40 heavy (non-hydrogen) atoms. The lowest BCUT2D eigenvalue weighted by Crippen LogP contribution is -2.50. The van der Waals surface area contributed by atoms with Crippen LogP contribution in [-0.4, -0.2) is 83.5 Å². The molecule has 2 aromatic carbocycles. The number of carbonyl (C=O) groups excluding carboxylic acids is 1. The smallest absolute Gasteiger partial charge is 0.274 e. The molecule has 1 amide bonds. The highest BCUT2D eigenvalue weighted by atomic mass is 32.1. The van der Waals surface area contributed by atoms with Crippen molar-refractivity contribution in [2.24, 2.45) is 0 Å². The number of hydrogen-bond donors (Lipinski definition) is 2. The summed E-state index contributed by atoms with van der Waals surface area (Å²) in [4.78, 5) is 27.7. The zero-order valence-corrected chi connectivity index (χ0v) is 23.2. The number of methoxy groups -OCH3 is 1. The van der Waals surface area contributed by atoms with Gasteiger partial charge in [-0.1, -0.05) is 53.8 Å². The van der Waals surface area contributed by atoms with E-state index in [0.29, 0.717) is 36.5 Å². The molecule has 0 aliphatic carbocycles. The summed E-state index contributed by atoms with van der Waals surface area (Å²) in [6.45, 7) is 5.29. The van der Waals surface area contributed by atoms with Crippen molar-refractivity contribution in [1.29, 1.82) is 0 Å². The molecule has 10 nitrogen and oxygen atoms in total. The molecule has 1 atom stereocenters. The maximum absolute atomic E-state index is 13.5. The van der Waals surface area contributed by atoms with Crippen molar-refractivity contribution in [3.8, 4) is 22.0 Å². The largest absolute Gasteiger partial charge is 0.383 e. The van der Waals surface area contributed by atoms with Crippen molar-refractivity contribution in [2.45, 2.75) is 18.9 Å². The summed E-state index contributed by atoms with van der Waals surface area (Å²) in [5, 5.41) is 17.0. The molecule has 0 bridgehead atoms. The number of benzene rings is 2. The Hall–Kier alpha value is -3.93. The lowest BCUT2D eigenvalue weighted by Gasteiger charge is -2.37. The van der Waals surface area contributed by atoms with Gasteiger partial charge >= 0.3 is 0 Å². The first-order valence-electron chi connectivity index (χ1n) is 13.6. The van der Waals surface area contributed by atoms with Crippen molar-refractivity contribution < 1.29 is 9.53 Å². The van der Waals surface area contributed by atoms with Gasteiger partial charge < -0.3 is 20.3 Å². The summed E-state index contributed by atoms with van der Waals surface area (Å²) in [5.74, 6) is 0.696. The first-order valence-corrected chi connectivity index (χ1v) is 14.4. The zero-order valence-electron chi connectivity index (χ0n) is 22.4. The third-order valence-electron chi connectivity index (χ3n) is 7.28. The monoisotopic (exact) mass is 556 g/mol. The third kappa shape index (κ3) is 5.81. The molecule has 206 valence electrons. The first-order chi connectivity index (χ1) is 19.7. The minimum atomic E-state index is -0.330. The molecule has 2 aliphatic heterocycles. The quantitative estimate of drug-likeness (QED) is 0.292. The van der Waals surface area contributed by atoms with Gasteiger partial charge in [0.1, 0.15) is 11.5 Å². The van der Waals surface area contributed by atoms with Crippen molar-refractivity contribution in [1.82, 2.24) is 25.1 Å². The van der Waals surface area contributed by atoms with Gasteiger partial charge in [-0.05, 0) is 31.5 Å². The number of nitrogens with zero attached hydrogens (tertiary/aromatic N) is 6. The van der Waals surface area contributed by atoms with Crippen molar-refractivity contribution in [3.05, 3.63) is 66.4 Å². The molecule has 2 aromatic heterocycles. The molecule has 2 saturated heterocycles. The Labute approximate surface area is 237 Å². The number of carbonyl (C=O) groups is 1. The van der Waals surface area contributed by atoms with Gasteiger partial charge in [-0.3, -0.25) is 9.69 Å². The Morgan fingerprint density at radius 2 is 1.90 bits per heavy atom. The molecule has 6 rings (SSSR count). The summed E-state index contributed by atoms with van der Waals surface area (Å²) in [7, 11) is 1.64. The first kappa shape index (κ1) is 26.3. The second-order valence-corrected chi connectivity index (χ2v) is 10.9. The summed E-state index contributed by atoms with van der Waals surface area (Å²) >= 11 is 1.56. The van der Waals surface area contributed by atoms with E-state index in [-0.39, 0.29) is 11.6 Å². The van der Waals surface area contributed by atoms with Crippen LogP contribution in [0.25, 0.3) is 22.0 Å². The second-order valence-electron chi connectivity index (χ2n) is 9.92. The summed E-state index contributed by atoms with van der Waals surface area (Å²) < 4.78 is 5.15. The maximum atomic E-state index is 13.5. The van der Waals surface area contributed by atoms with E-state index in [1.807, 2.05) is 54.6 Å². The number of amides is 1. The molecule has 0 spiro atoms. The van der Waals surface area contributed by atoms with E-state index in [2.05, 4.69) is 40.6 Å². The summed E-state index contributed by atoms with van der Waals surface area (Å²) in [5.41, 5.74) is 2.57. The number of anilines is 3. The van der Waals surface area contributed by atoms with E-state index in [0.717, 1.165) is 40.9 Å². The number of piperazine rings is 1. The van der Waals surface area contributed by atoms with Crippen LogP contribution in [0.1, 0.15) is 23.3 Å². The summed E-state index contributed by atoms with van der Waals surface area (Å²) in [6.07, 6.45) is 2.52. The lowest BCUT2D eigenvalue weighted by molar-refractivity contribution is 0.102. The van der Waals surface area contributed by atoms with E-state index >= 15 is 0 Å². The van der Waals surface area contributed by atoms with Crippen LogP contribution in [-0.2, 0) is 4.74 Å². The third-order valence-corrected chi connectivity index (χ3v) is 8.30. The normalized spacial score (nSPS) is 17.0. The Balaban J connectivity index is 1.23. The van der Waals surface area contributed by atoms with Crippen molar-refractivity contribution >= 4 is 33.9 Å². The van der Waals surface area contributed by atoms with Crippen LogP contribution in [0.5, 0.6) is 0 Å². The number of fused-ring (bicyclic) bond motifs is 1. The van der Waals surface area contributed by atoms with E-state index in [1.165, 1.54) is 19.4 Å². The molecule has 0 radical (unpaired) electrons. The highest BCUT2D eigenvalue weighted by Gasteiger charge is 2.32. The fourth-order valence-corrected chi connectivity index (χ4v) is 6.15. The second kappa shape index (κ2) is 12.1. The summed E-state index contributed by atoms with van der Waals surface area (Å²) in [6, 6.07) is 19.6. The number of rotatable bonds is 9. The maximum Gasteiger partial charge on any atom is 0.274 e. The number of nitrogens with one attached hydrogen (secondary N) is 2. The average Bonchev–Trinajstić information content (AvgIpc) is 3.68. The van der Waals surface area contributed by atoms with Crippen LogP contribution >= 0.6 is 11.3 Å². The van der Waals surface area contributed by atoms with Crippen molar-refractivity contribution in [3.63, 3.8) is 0 Å². The Bertz CT molecular complexity index is 1460.